The summed E-state index contributed by atoms with van der Waals surface area (Å²) in [5.74, 6) is -0.683. The highest BCUT2D eigenvalue weighted by atomic mass is 19.1. The lowest BCUT2D eigenvalue weighted by Crippen LogP contribution is -2.33. The second kappa shape index (κ2) is 8.52. The SMILES string of the molecule is CC(=O)NCC1CN(c2ccc(N3Cc4cn(C[C@@H](O)CO)nc4C3)c(F)c2)C(=O)O1. The van der Waals surface area contributed by atoms with Crippen LogP contribution in [0.3, 0.4) is 0 Å². The number of nitrogens with one attached hydrogen (secondary N) is 1. The van der Waals surface area contributed by atoms with E-state index in [9.17, 15) is 19.1 Å². The van der Waals surface area contributed by atoms with Crippen molar-refractivity contribution in [2.75, 3.05) is 29.5 Å². The third-order valence-electron chi connectivity index (χ3n) is 5.27. The Hall–Kier alpha value is -3.18. The number of hydrogen-bond donors (Lipinski definition) is 3. The van der Waals surface area contributed by atoms with Gasteiger partial charge in [-0.1, -0.05) is 0 Å². The molecule has 3 N–H and O–H groups in total. The van der Waals surface area contributed by atoms with E-state index in [0.29, 0.717) is 24.5 Å². The van der Waals surface area contributed by atoms with Crippen LogP contribution >= 0.6 is 0 Å². The highest BCUT2D eigenvalue weighted by molar-refractivity contribution is 5.90. The summed E-state index contributed by atoms with van der Waals surface area (Å²) in [5, 5.41) is 25.5. The van der Waals surface area contributed by atoms with Crippen LogP contribution in [0.25, 0.3) is 0 Å². The molecule has 11 heteroatoms. The summed E-state index contributed by atoms with van der Waals surface area (Å²) in [4.78, 5) is 26.4. The van der Waals surface area contributed by atoms with Crippen LogP contribution in [0.4, 0.5) is 20.6 Å². The lowest BCUT2D eigenvalue weighted by Gasteiger charge is -2.21. The topological polar surface area (TPSA) is 120 Å². The number of anilines is 2. The number of carbonyl (C=O) groups excluding carboxylic acids is 2. The molecule has 0 bridgehead atoms. The van der Waals surface area contributed by atoms with E-state index in [1.54, 1.807) is 23.0 Å². The number of ether oxygens (including phenoxy) is 1. The Kier molecular flexibility index (Phi) is 5.79. The predicted molar refractivity (Wildman–Crippen MR) is 108 cm³/mol. The summed E-state index contributed by atoms with van der Waals surface area (Å²) in [6.45, 7) is 2.54. The van der Waals surface area contributed by atoms with Crippen LogP contribution in [-0.4, -0.2) is 63.9 Å². The van der Waals surface area contributed by atoms with E-state index in [2.05, 4.69) is 10.4 Å². The van der Waals surface area contributed by atoms with Crippen LogP contribution in [0.5, 0.6) is 0 Å². The molecule has 2 aliphatic heterocycles. The number of amides is 2. The Morgan fingerprint density at radius 1 is 1.42 bits per heavy atom. The molecule has 2 atom stereocenters. The highest BCUT2D eigenvalue weighted by Gasteiger charge is 2.33. The van der Waals surface area contributed by atoms with Crippen LogP contribution in [-0.2, 0) is 29.2 Å². The van der Waals surface area contributed by atoms with E-state index in [4.69, 9.17) is 9.84 Å². The molecule has 31 heavy (non-hydrogen) atoms. The van der Waals surface area contributed by atoms with Crippen molar-refractivity contribution in [3.05, 3.63) is 41.5 Å². The van der Waals surface area contributed by atoms with Crippen LogP contribution in [0, 0.1) is 5.82 Å². The second-order valence-corrected chi connectivity index (χ2v) is 7.70. The van der Waals surface area contributed by atoms with Crippen molar-refractivity contribution < 1.29 is 28.9 Å². The summed E-state index contributed by atoms with van der Waals surface area (Å²) < 4.78 is 21.7. The van der Waals surface area contributed by atoms with Gasteiger partial charge in [0.15, 0.2) is 0 Å². The van der Waals surface area contributed by atoms with Crippen molar-refractivity contribution >= 4 is 23.4 Å². The van der Waals surface area contributed by atoms with Crippen molar-refractivity contribution in [2.24, 2.45) is 0 Å². The van der Waals surface area contributed by atoms with E-state index in [-0.39, 0.29) is 32.1 Å². The Labute approximate surface area is 177 Å². The van der Waals surface area contributed by atoms with E-state index in [1.165, 1.54) is 17.9 Å². The van der Waals surface area contributed by atoms with E-state index < -0.39 is 24.1 Å². The molecule has 1 aromatic carbocycles. The van der Waals surface area contributed by atoms with Gasteiger partial charge in [0, 0.05) is 25.2 Å². The molecule has 0 spiro atoms. The van der Waals surface area contributed by atoms with Gasteiger partial charge in [-0.25, -0.2) is 9.18 Å². The van der Waals surface area contributed by atoms with Gasteiger partial charge in [-0.2, -0.15) is 5.10 Å². The minimum Gasteiger partial charge on any atom is -0.442 e. The minimum atomic E-state index is -0.878. The quantitative estimate of drug-likeness (QED) is 0.577. The minimum absolute atomic E-state index is 0.196. The maximum atomic E-state index is 14.9. The first-order chi connectivity index (χ1) is 14.8. The maximum Gasteiger partial charge on any atom is 0.414 e. The number of nitrogens with zero attached hydrogens (tertiary/aromatic N) is 4. The summed E-state index contributed by atoms with van der Waals surface area (Å²) in [7, 11) is 0. The summed E-state index contributed by atoms with van der Waals surface area (Å²) in [6.07, 6.45) is -0.163. The zero-order valence-corrected chi connectivity index (χ0v) is 17.0. The molecule has 3 heterocycles. The molecule has 0 aliphatic carbocycles. The summed E-state index contributed by atoms with van der Waals surface area (Å²) in [5.41, 5.74) is 2.50. The molecule has 10 nitrogen and oxygen atoms in total. The fourth-order valence-electron chi connectivity index (χ4n) is 3.76. The average molecular weight is 433 g/mol. The third-order valence-corrected chi connectivity index (χ3v) is 5.27. The number of carbonyl (C=O) groups is 2. The molecule has 2 amide bonds. The molecule has 1 aromatic heterocycles. The van der Waals surface area contributed by atoms with Gasteiger partial charge < -0.3 is 25.2 Å². The Morgan fingerprint density at radius 3 is 2.90 bits per heavy atom. The van der Waals surface area contributed by atoms with Crippen LogP contribution in [0.2, 0.25) is 0 Å². The van der Waals surface area contributed by atoms with E-state index in [0.717, 1.165) is 11.3 Å². The van der Waals surface area contributed by atoms with Crippen molar-refractivity contribution in [3.8, 4) is 0 Å². The molecule has 1 fully saturated rings. The van der Waals surface area contributed by atoms with Gasteiger partial charge in [0.25, 0.3) is 0 Å². The number of hydrogen-bond acceptors (Lipinski definition) is 7. The van der Waals surface area contributed by atoms with Gasteiger partial charge in [0.1, 0.15) is 11.9 Å². The van der Waals surface area contributed by atoms with Crippen LogP contribution < -0.4 is 15.1 Å². The molecule has 1 unspecified atom stereocenters. The average Bonchev–Trinajstić information content (AvgIpc) is 3.39. The van der Waals surface area contributed by atoms with Crippen molar-refractivity contribution in [1.82, 2.24) is 15.1 Å². The van der Waals surface area contributed by atoms with Gasteiger partial charge in [0.05, 0.1) is 56.0 Å². The van der Waals surface area contributed by atoms with Gasteiger partial charge >= 0.3 is 6.09 Å². The smallest absolute Gasteiger partial charge is 0.414 e. The second-order valence-electron chi connectivity index (χ2n) is 7.70. The van der Waals surface area contributed by atoms with E-state index >= 15 is 0 Å². The molecule has 2 aromatic rings. The lowest BCUT2D eigenvalue weighted by molar-refractivity contribution is -0.119. The zero-order valence-electron chi connectivity index (χ0n) is 17.0. The number of aliphatic hydroxyl groups is 2. The molecular weight excluding hydrogens is 409 g/mol. The monoisotopic (exact) mass is 433 g/mol. The lowest BCUT2D eigenvalue weighted by atomic mass is 10.2. The Morgan fingerprint density at radius 2 is 2.23 bits per heavy atom. The van der Waals surface area contributed by atoms with Gasteiger partial charge in [-0.3, -0.25) is 14.4 Å². The molecule has 0 saturated carbocycles. The van der Waals surface area contributed by atoms with Gasteiger partial charge in [0.2, 0.25) is 5.91 Å². The van der Waals surface area contributed by atoms with E-state index in [1.807, 2.05) is 4.90 Å². The Bertz CT molecular complexity index is 973. The fourth-order valence-corrected chi connectivity index (χ4v) is 3.76. The number of cyclic esters (lactones) is 1. The van der Waals surface area contributed by atoms with Crippen molar-refractivity contribution in [3.63, 3.8) is 0 Å². The molecule has 1 saturated heterocycles. The molecule has 0 radical (unpaired) electrons. The van der Waals surface area contributed by atoms with Gasteiger partial charge in [-0.05, 0) is 18.2 Å². The first-order valence-corrected chi connectivity index (χ1v) is 9.95. The zero-order chi connectivity index (χ0) is 22.1. The third kappa shape index (κ3) is 4.47. The molecule has 166 valence electrons. The first kappa shape index (κ1) is 21.1. The van der Waals surface area contributed by atoms with Crippen LogP contribution in [0.1, 0.15) is 18.2 Å². The highest BCUT2D eigenvalue weighted by Crippen LogP contribution is 2.32. The largest absolute Gasteiger partial charge is 0.442 e. The molecule has 4 rings (SSSR count). The number of halogens is 1. The number of rotatable bonds is 7. The predicted octanol–water partition coefficient (Wildman–Crippen LogP) is 0.357. The standard InChI is InChI=1S/C20H24FN5O5/c1-12(28)22-5-16-9-26(20(30)31-16)14-2-3-19(17(21)4-14)24-6-13-7-25(8-15(29)11-27)23-18(13)10-24/h2-4,7,15-16,27,29H,5-6,8-11H2,1H3,(H,22,28)/t15-,16?/m1/s1. The first-order valence-electron chi connectivity index (χ1n) is 9.95. The fraction of sp³-hybridized carbons (Fsp3) is 0.450. The van der Waals surface area contributed by atoms with Crippen molar-refractivity contribution in [1.29, 1.82) is 0 Å². The molecular formula is C20H24FN5O5. The number of aliphatic hydroxyl groups excluding tert-OH is 2. The van der Waals surface area contributed by atoms with Gasteiger partial charge in [-0.15, -0.1) is 0 Å². The van der Waals surface area contributed by atoms with Crippen molar-refractivity contribution in [2.45, 2.75) is 38.8 Å². The molecule has 2 aliphatic rings. The summed E-state index contributed by atoms with van der Waals surface area (Å²) in [6, 6.07) is 4.58. The normalized spacial score (nSPS) is 18.8. The summed E-state index contributed by atoms with van der Waals surface area (Å²) >= 11 is 0. The number of fused-ring (bicyclic) bond motifs is 1. The Balaban J connectivity index is 1.42. The van der Waals surface area contributed by atoms with Crippen LogP contribution in [0.15, 0.2) is 24.4 Å². The number of aromatic nitrogens is 2. The maximum absolute atomic E-state index is 14.9. The number of benzene rings is 1.